The average Bonchev–Trinajstić information content (AvgIpc) is 2.73. The fourth-order valence-electron chi connectivity index (χ4n) is 2.10. The molecule has 0 atom stereocenters. The third-order valence-electron chi connectivity index (χ3n) is 3.01. The molecule has 7 heteroatoms. The number of hydrogen-bond donors (Lipinski definition) is 1. The van der Waals surface area contributed by atoms with E-state index in [1.807, 2.05) is 0 Å². The van der Waals surface area contributed by atoms with Gasteiger partial charge in [0.25, 0.3) is 5.39 Å². The molecular weight excluding hydrogens is 258 g/mol. The van der Waals surface area contributed by atoms with Crippen molar-refractivity contribution in [1.82, 2.24) is 0 Å². The predicted octanol–water partition coefficient (Wildman–Crippen LogP) is 2.75. The Morgan fingerprint density at radius 3 is 2.35 bits per heavy atom. The van der Waals surface area contributed by atoms with E-state index < -0.39 is 0 Å². The molecule has 1 aliphatic carbocycles. The van der Waals surface area contributed by atoms with E-state index in [1.54, 1.807) is 48.6 Å². The van der Waals surface area contributed by atoms with E-state index in [9.17, 15) is 10.4 Å². The highest BCUT2D eigenvalue weighted by Gasteiger charge is 2.26. The molecule has 2 aliphatic rings. The first-order valence-electron chi connectivity index (χ1n) is 5.80. The Morgan fingerprint density at radius 2 is 1.75 bits per heavy atom. The molecule has 0 aromatic heterocycles. The summed E-state index contributed by atoms with van der Waals surface area (Å²) in [6.45, 7) is 0. The number of hydroxylamine groups is 2. The lowest BCUT2D eigenvalue weighted by Crippen LogP contribution is -2.23. The van der Waals surface area contributed by atoms with Gasteiger partial charge in [0.05, 0.1) is 11.4 Å². The molecule has 0 unspecified atom stereocenters. The normalized spacial score (nSPS) is 16.6. The quantitative estimate of drug-likeness (QED) is 0.576. The fourth-order valence-corrected chi connectivity index (χ4v) is 2.10. The minimum Gasteiger partial charge on any atom is -0.753 e. The molecule has 20 heavy (non-hydrogen) atoms. The van der Waals surface area contributed by atoms with Crippen molar-refractivity contribution in [2.45, 2.75) is 0 Å². The molecule has 7 nitrogen and oxygen atoms in total. The van der Waals surface area contributed by atoms with Crippen molar-refractivity contribution >= 4 is 17.1 Å². The van der Waals surface area contributed by atoms with Crippen molar-refractivity contribution in [3.05, 3.63) is 70.3 Å². The number of fused-ring (bicyclic) bond motifs is 1. The molecule has 1 aromatic carbocycles. The van der Waals surface area contributed by atoms with Gasteiger partial charge >= 0.3 is 5.08 Å². The van der Waals surface area contributed by atoms with Gasteiger partial charge in [0.15, 0.2) is 10.8 Å². The Bertz CT molecular complexity index is 678. The first-order chi connectivity index (χ1) is 9.72. The lowest BCUT2D eigenvalue weighted by molar-refractivity contribution is 0.287. The zero-order valence-corrected chi connectivity index (χ0v) is 10.2. The van der Waals surface area contributed by atoms with Crippen molar-refractivity contribution in [2.75, 3.05) is 10.1 Å². The zero-order valence-electron chi connectivity index (χ0n) is 10.2. The molecule has 0 spiro atoms. The van der Waals surface area contributed by atoms with Crippen LogP contribution in [0.15, 0.2) is 65.1 Å². The lowest BCUT2D eigenvalue weighted by Gasteiger charge is -2.28. The average molecular weight is 267 g/mol. The number of para-hydroxylation sites is 2. The molecule has 0 radical (unpaired) electrons. The minimum atomic E-state index is 0.110. The highest BCUT2D eigenvalue weighted by Crippen LogP contribution is 2.41. The molecule has 0 saturated carbocycles. The number of hydrogen-bond acceptors (Lipinski definition) is 6. The molecule has 3 rings (SSSR count). The standard InChI is InChI=1S/C13H9N5O2/c14-16-15-10-7-5-9(6-8-10)13-17(19)11-3-1-2-4-12(11)18(13)20/h1-8,19H. The first kappa shape index (κ1) is 12.1. The molecular formula is C13H9N5O2. The van der Waals surface area contributed by atoms with Gasteiger partial charge in [-0.2, -0.15) is 0 Å². The van der Waals surface area contributed by atoms with Crippen molar-refractivity contribution in [2.24, 2.45) is 5.10 Å². The Kier molecular flexibility index (Phi) is 2.80. The van der Waals surface area contributed by atoms with Crippen molar-refractivity contribution in [3.63, 3.8) is 0 Å². The lowest BCUT2D eigenvalue weighted by atomic mass is 10.1. The molecule has 1 heterocycles. The van der Waals surface area contributed by atoms with Crippen LogP contribution in [0.4, 0.5) is 11.4 Å². The smallest absolute Gasteiger partial charge is 0.339 e. The molecule has 0 fully saturated rings. The molecule has 98 valence electrons. The molecule has 0 saturated heterocycles. The summed E-state index contributed by atoms with van der Waals surface area (Å²) in [7, 11) is 0. The number of allylic oxidation sites excluding steroid dienone is 5. The van der Waals surface area contributed by atoms with Gasteiger partial charge in [-0.3, -0.25) is 5.21 Å². The van der Waals surface area contributed by atoms with Gasteiger partial charge in [-0.15, -0.1) is 0 Å². The topological polar surface area (TPSA) is 90.3 Å². The summed E-state index contributed by atoms with van der Waals surface area (Å²) in [4.78, 5) is 0. The Labute approximate surface area is 114 Å². The first-order valence-corrected chi connectivity index (χ1v) is 5.80. The van der Waals surface area contributed by atoms with Gasteiger partial charge in [-0.05, 0) is 36.4 Å². The van der Waals surface area contributed by atoms with Crippen molar-refractivity contribution in [3.8, 4) is 0 Å². The van der Waals surface area contributed by atoms with Crippen LogP contribution in [0.25, 0.3) is 5.08 Å². The highest BCUT2D eigenvalue weighted by molar-refractivity contribution is 6.06. The Morgan fingerprint density at radius 1 is 1.10 bits per heavy atom. The highest BCUT2D eigenvalue weighted by atomic mass is 16.6. The van der Waals surface area contributed by atoms with Crippen LogP contribution in [0.5, 0.6) is 0 Å². The van der Waals surface area contributed by atoms with Crippen LogP contribution in [-0.4, -0.2) is 10.9 Å². The van der Waals surface area contributed by atoms with E-state index in [1.165, 1.54) is 0 Å². The monoisotopic (exact) mass is 267 g/mol. The van der Waals surface area contributed by atoms with Crippen LogP contribution in [-0.2, 0) is 0 Å². The van der Waals surface area contributed by atoms with E-state index in [0.717, 1.165) is 5.06 Å². The minimum absolute atomic E-state index is 0.110. The molecule has 1 aromatic rings. The van der Waals surface area contributed by atoms with Crippen molar-refractivity contribution < 1.29 is 5.21 Å². The number of rotatable bonds is 0. The van der Waals surface area contributed by atoms with Crippen LogP contribution in [0, 0.1) is 10.6 Å². The van der Waals surface area contributed by atoms with Gasteiger partial charge in [0, 0.05) is 5.57 Å². The van der Waals surface area contributed by atoms with Gasteiger partial charge < -0.3 is 10.3 Å². The largest absolute Gasteiger partial charge is 0.753 e. The van der Waals surface area contributed by atoms with Crippen LogP contribution in [0.3, 0.4) is 0 Å². The molecule has 1 aliphatic heterocycles. The summed E-state index contributed by atoms with van der Waals surface area (Å²) >= 11 is 0. The molecule has 0 bridgehead atoms. The number of nitrogens with zero attached hydrogens (tertiary/aromatic N) is 5. The summed E-state index contributed by atoms with van der Waals surface area (Å²) < 4.78 is 0. The predicted molar refractivity (Wildman–Crippen MR) is 74.4 cm³/mol. The summed E-state index contributed by atoms with van der Waals surface area (Å²) in [5.74, 6) is 0.110. The van der Waals surface area contributed by atoms with E-state index in [4.69, 9.17) is 5.39 Å². The number of anilines is 2. The second-order valence-electron chi connectivity index (χ2n) is 4.15. The SMILES string of the molecule is N#[N+]N=C1C=CC(=C2N([O-])c3ccccc3N2O)C=C1. The number of benzene rings is 1. The Balaban J connectivity index is 2.04. The van der Waals surface area contributed by atoms with Gasteiger partial charge in [0.2, 0.25) is 0 Å². The van der Waals surface area contributed by atoms with E-state index in [0.29, 0.717) is 27.7 Å². The maximum Gasteiger partial charge on any atom is 0.339 e. The molecule has 0 amide bonds. The summed E-state index contributed by atoms with van der Waals surface area (Å²) in [6.07, 6.45) is 6.37. The van der Waals surface area contributed by atoms with E-state index in [-0.39, 0.29) is 5.82 Å². The summed E-state index contributed by atoms with van der Waals surface area (Å²) in [5.41, 5.74) is 1.77. The van der Waals surface area contributed by atoms with E-state index >= 15 is 0 Å². The second kappa shape index (κ2) is 4.62. The van der Waals surface area contributed by atoms with Crippen LogP contribution in [0.1, 0.15) is 0 Å². The maximum absolute atomic E-state index is 12.2. The van der Waals surface area contributed by atoms with Crippen LogP contribution < -0.4 is 10.1 Å². The number of diazo groups is 1. The maximum atomic E-state index is 12.2. The van der Waals surface area contributed by atoms with Gasteiger partial charge in [-0.1, -0.05) is 12.1 Å². The van der Waals surface area contributed by atoms with Crippen LogP contribution >= 0.6 is 0 Å². The fraction of sp³-hybridized carbons (Fsp3) is 0. The van der Waals surface area contributed by atoms with Crippen molar-refractivity contribution in [1.29, 1.82) is 5.39 Å². The van der Waals surface area contributed by atoms with Gasteiger partial charge in [-0.25, -0.2) is 5.06 Å². The Hall–Kier alpha value is -2.95. The third kappa shape index (κ3) is 1.76. The molecule has 1 N–H and O–H groups in total. The van der Waals surface area contributed by atoms with E-state index in [2.05, 4.69) is 10.2 Å². The summed E-state index contributed by atoms with van der Waals surface area (Å²) in [6, 6.07) is 6.75. The second-order valence-corrected chi connectivity index (χ2v) is 4.15. The van der Waals surface area contributed by atoms with Crippen LogP contribution in [0.2, 0.25) is 0 Å². The third-order valence-corrected chi connectivity index (χ3v) is 3.01. The zero-order chi connectivity index (χ0) is 14.1. The summed E-state index contributed by atoms with van der Waals surface area (Å²) in [5, 5.41) is 38.3. The van der Waals surface area contributed by atoms with Gasteiger partial charge in [0.1, 0.15) is 5.82 Å².